The number of nitrogen functional groups attached to an aromatic ring is 2. The molecule has 0 aliphatic heterocycles. The first-order valence-electron chi connectivity index (χ1n) is 19.7. The van der Waals surface area contributed by atoms with Gasteiger partial charge in [-0.05, 0) is 112 Å². The van der Waals surface area contributed by atoms with Crippen molar-refractivity contribution in [2.45, 2.75) is 24.5 Å². The molecule has 0 heterocycles. The van der Waals surface area contributed by atoms with Gasteiger partial charge in [-0.2, -0.15) is 57.4 Å². The molecule has 0 spiro atoms. The van der Waals surface area contributed by atoms with Gasteiger partial charge in [0.1, 0.15) is 31.7 Å². The molecular formula is C42H30N8O18S5. The number of fused-ring (bicyclic) bond motifs is 3. The molecule has 376 valence electrons. The van der Waals surface area contributed by atoms with E-state index < -0.39 is 115 Å². The highest BCUT2D eigenvalue weighted by atomic mass is 32.2. The summed E-state index contributed by atoms with van der Waals surface area (Å²) >= 11 is 0. The second kappa shape index (κ2) is 18.2. The van der Waals surface area contributed by atoms with Crippen molar-refractivity contribution in [2.75, 3.05) is 11.5 Å². The van der Waals surface area contributed by atoms with Crippen LogP contribution in [-0.4, -0.2) is 80.2 Å². The Bertz CT molecular complexity index is 4390. The van der Waals surface area contributed by atoms with Crippen LogP contribution in [0.15, 0.2) is 164 Å². The second-order valence-electron chi connectivity index (χ2n) is 15.4. The zero-order valence-corrected chi connectivity index (χ0v) is 40.0. The molecular weight excluding hydrogens is 1060 g/mol. The summed E-state index contributed by atoms with van der Waals surface area (Å²) in [5.74, 6) is -2.61. The summed E-state index contributed by atoms with van der Waals surface area (Å²) in [7, 11) is -25.1. The monoisotopic (exact) mass is 1090 g/mol. The number of nitrogens with two attached hydrogens (primary N) is 2. The summed E-state index contributed by atoms with van der Waals surface area (Å²) in [5.41, 5.74) is 9.99. The lowest BCUT2D eigenvalue weighted by molar-refractivity contribution is 0.471. The number of hydrogen-bond donors (Lipinski definition) is 10. The topological polar surface area (TPSA) is 459 Å². The third kappa shape index (κ3) is 10.3. The fourth-order valence-electron chi connectivity index (χ4n) is 7.33. The molecule has 0 amide bonds. The molecule has 8 aromatic carbocycles. The van der Waals surface area contributed by atoms with Gasteiger partial charge in [-0.25, -0.2) is 0 Å². The minimum absolute atomic E-state index is 0.0530. The molecule has 0 fully saturated rings. The van der Waals surface area contributed by atoms with Crippen molar-refractivity contribution in [3.63, 3.8) is 0 Å². The van der Waals surface area contributed by atoms with Crippen LogP contribution in [0.3, 0.4) is 0 Å². The molecule has 26 nitrogen and oxygen atoms in total. The number of azo groups is 3. The van der Waals surface area contributed by atoms with Crippen LogP contribution >= 0.6 is 0 Å². The van der Waals surface area contributed by atoms with E-state index >= 15 is 0 Å². The van der Waals surface area contributed by atoms with Gasteiger partial charge >= 0.3 is 0 Å². The first kappa shape index (κ1) is 51.3. The standard InChI is InChI=1S/C42H30N8O18S5/c43-30-17-27(69(54,55)56)12-22-15-33(72(63,64)65)38(41(52)35(22)30)49-46-25-7-3-20(4-8-25)19-1-5-24(6-2-19)45-48-37-32(71(60,61)62)14-21-11-26(9-10-29(21)40(37)51)47-50-39-34(73(66,67)68)16-23-13-28(70(57,58)59)18-31(44)36(23)42(39)53/h1-18,51-53H,43-44H2,(H,54,55,56)(H,57,58,59)(H,60,61,62)(H,63,64,65)(H,66,67,68). The van der Waals surface area contributed by atoms with Gasteiger partial charge in [-0.15, -0.1) is 15.3 Å². The molecule has 0 bridgehead atoms. The van der Waals surface area contributed by atoms with E-state index in [1.54, 1.807) is 24.3 Å². The molecule has 0 aromatic heterocycles. The molecule has 8 rings (SSSR count). The SMILES string of the molecule is Nc1cc(S(=O)(=O)O)cc2cc(S(=O)(=O)O)c(N=Nc3ccc(-c4ccc(N=Nc5c(S(=O)(=O)O)cc6cc(N=Nc7c(S(=O)(=O)O)cc8cc(S(=O)(=O)O)cc(N)c8c7O)ccc6c5O)cc4)cc3)c(O)c12. The Balaban J connectivity index is 1.05. The van der Waals surface area contributed by atoms with E-state index in [1.807, 2.05) is 0 Å². The summed E-state index contributed by atoms with van der Waals surface area (Å²) in [6.07, 6.45) is 0. The molecule has 73 heavy (non-hydrogen) atoms. The van der Waals surface area contributed by atoms with Gasteiger partial charge < -0.3 is 26.8 Å². The summed E-state index contributed by atoms with van der Waals surface area (Å²) in [4.78, 5) is -4.38. The maximum atomic E-state index is 12.6. The second-order valence-corrected chi connectivity index (χ2v) is 22.4. The van der Waals surface area contributed by atoms with Crippen LogP contribution in [0.5, 0.6) is 17.2 Å². The largest absolute Gasteiger partial charge is 0.505 e. The van der Waals surface area contributed by atoms with Crippen molar-refractivity contribution in [1.29, 1.82) is 0 Å². The quantitative estimate of drug-likeness (QED) is 0.0311. The Morgan fingerprint density at radius 3 is 1.03 bits per heavy atom. The van der Waals surface area contributed by atoms with E-state index in [4.69, 9.17) is 11.5 Å². The molecule has 12 N–H and O–H groups in total. The van der Waals surface area contributed by atoms with Crippen molar-refractivity contribution in [3.8, 4) is 28.4 Å². The molecule has 8 aromatic rings. The van der Waals surface area contributed by atoms with Gasteiger partial charge in [-0.3, -0.25) is 22.8 Å². The molecule has 0 radical (unpaired) electrons. The normalized spacial score (nSPS) is 13.1. The van der Waals surface area contributed by atoms with Crippen LogP contribution in [0.2, 0.25) is 0 Å². The Labute approximate surface area is 410 Å². The highest BCUT2D eigenvalue weighted by Crippen LogP contribution is 2.47. The minimum atomic E-state index is -5.21. The molecule has 0 aliphatic carbocycles. The van der Waals surface area contributed by atoms with Crippen molar-refractivity contribution >= 4 is 128 Å². The van der Waals surface area contributed by atoms with Crippen LogP contribution in [0.4, 0.5) is 45.5 Å². The molecule has 0 saturated carbocycles. The average Bonchev–Trinajstić information content (AvgIpc) is 3.28. The summed E-state index contributed by atoms with van der Waals surface area (Å²) < 4.78 is 170. The first-order valence-corrected chi connectivity index (χ1v) is 26.9. The Morgan fingerprint density at radius 1 is 0.342 bits per heavy atom. The number of phenols is 3. The third-order valence-electron chi connectivity index (χ3n) is 10.6. The van der Waals surface area contributed by atoms with E-state index in [0.29, 0.717) is 11.1 Å². The Kier molecular flexibility index (Phi) is 12.8. The van der Waals surface area contributed by atoms with Gasteiger partial charge in [0.25, 0.3) is 50.6 Å². The summed E-state index contributed by atoms with van der Waals surface area (Å²) in [6.45, 7) is 0. The molecule has 31 heteroatoms. The average molecular weight is 1100 g/mol. The Morgan fingerprint density at radius 2 is 0.671 bits per heavy atom. The Hall–Kier alpha value is -8.11. The van der Waals surface area contributed by atoms with Gasteiger partial charge in [0.05, 0.1) is 26.9 Å². The van der Waals surface area contributed by atoms with E-state index in [0.717, 1.165) is 48.5 Å². The summed E-state index contributed by atoms with van der Waals surface area (Å²) in [6, 6.07) is 21.3. The van der Waals surface area contributed by atoms with Crippen LogP contribution in [0.25, 0.3) is 43.4 Å². The van der Waals surface area contributed by atoms with E-state index in [1.165, 1.54) is 36.4 Å². The third-order valence-corrected chi connectivity index (χ3v) is 14.9. The number of hydrogen-bond acceptors (Lipinski definition) is 21. The predicted molar refractivity (Wildman–Crippen MR) is 259 cm³/mol. The molecule has 0 saturated heterocycles. The molecule has 0 atom stereocenters. The van der Waals surface area contributed by atoms with Gasteiger partial charge in [0.2, 0.25) is 0 Å². The number of benzene rings is 8. The van der Waals surface area contributed by atoms with Crippen molar-refractivity contribution in [1.82, 2.24) is 0 Å². The lowest BCUT2D eigenvalue weighted by Crippen LogP contribution is -2.02. The van der Waals surface area contributed by atoms with Gasteiger partial charge in [-0.1, -0.05) is 24.3 Å². The number of aromatic hydroxyl groups is 3. The number of anilines is 2. The highest BCUT2D eigenvalue weighted by Gasteiger charge is 2.27. The van der Waals surface area contributed by atoms with E-state index in [-0.39, 0.29) is 55.1 Å². The van der Waals surface area contributed by atoms with Crippen molar-refractivity contribution in [2.24, 2.45) is 30.7 Å². The molecule has 0 aliphatic rings. The lowest BCUT2D eigenvalue weighted by atomic mass is 10.1. The minimum Gasteiger partial charge on any atom is -0.505 e. The van der Waals surface area contributed by atoms with Crippen LogP contribution in [-0.2, 0) is 50.6 Å². The number of phenolic OH excluding ortho intramolecular Hbond substituents is 3. The smallest absolute Gasteiger partial charge is 0.296 e. The van der Waals surface area contributed by atoms with Crippen molar-refractivity contribution in [3.05, 3.63) is 109 Å². The van der Waals surface area contributed by atoms with E-state index in [9.17, 15) is 80.2 Å². The van der Waals surface area contributed by atoms with Crippen LogP contribution in [0, 0.1) is 0 Å². The van der Waals surface area contributed by atoms with Crippen LogP contribution < -0.4 is 11.5 Å². The fraction of sp³-hybridized carbons (Fsp3) is 0. The fourth-order valence-corrected chi connectivity index (χ4v) is 10.4. The maximum Gasteiger partial charge on any atom is 0.296 e. The van der Waals surface area contributed by atoms with Gasteiger partial charge in [0, 0.05) is 27.5 Å². The van der Waals surface area contributed by atoms with E-state index in [2.05, 4.69) is 30.7 Å². The number of nitrogens with zero attached hydrogens (tertiary/aromatic N) is 6. The predicted octanol–water partition coefficient (Wildman–Crippen LogP) is 8.57. The van der Waals surface area contributed by atoms with Crippen LogP contribution in [0.1, 0.15) is 0 Å². The lowest BCUT2D eigenvalue weighted by Gasteiger charge is -2.12. The van der Waals surface area contributed by atoms with Gasteiger partial charge in [0.15, 0.2) is 17.2 Å². The first-order chi connectivity index (χ1) is 33.9. The maximum absolute atomic E-state index is 12.6. The van der Waals surface area contributed by atoms with Crippen molar-refractivity contribution < 1.29 is 80.2 Å². The summed E-state index contributed by atoms with van der Waals surface area (Å²) in [5, 5.41) is 55.2. The number of rotatable bonds is 12. The zero-order chi connectivity index (χ0) is 53.3. The molecule has 0 unspecified atom stereocenters. The zero-order valence-electron chi connectivity index (χ0n) is 35.9. The highest BCUT2D eigenvalue weighted by molar-refractivity contribution is 7.87.